The maximum atomic E-state index is 12.1. The number of hydrogen-bond donors (Lipinski definition) is 2. The van der Waals surface area contributed by atoms with Crippen LogP contribution in [0, 0.1) is 0 Å². The number of rotatable bonds is 5. The molecule has 0 radical (unpaired) electrons. The van der Waals surface area contributed by atoms with E-state index in [0.717, 1.165) is 5.56 Å². The molecular formula is C12H14N4O2S. The van der Waals surface area contributed by atoms with E-state index in [-0.39, 0.29) is 11.4 Å². The summed E-state index contributed by atoms with van der Waals surface area (Å²) in [5.74, 6) is 0.504. The third kappa shape index (κ3) is 3.49. The first-order chi connectivity index (χ1) is 9.12. The Hall–Kier alpha value is -1.99. The third-order valence-electron chi connectivity index (χ3n) is 2.49. The molecule has 0 spiro atoms. The smallest absolute Gasteiger partial charge is 0.241 e. The monoisotopic (exact) mass is 278 g/mol. The summed E-state index contributed by atoms with van der Waals surface area (Å²) in [6, 6.07) is 6.49. The standard InChI is InChI=1S/C12H14N4O2S/c1-13-12-7-11(4-6-15-12)19(17,18)16-9-10-3-2-5-14-8-10/h2-8,16H,9H2,1H3,(H,13,15). The second-order valence-electron chi connectivity index (χ2n) is 3.81. The van der Waals surface area contributed by atoms with Crippen LogP contribution in [0.4, 0.5) is 5.82 Å². The van der Waals surface area contributed by atoms with Crippen molar-refractivity contribution >= 4 is 15.8 Å². The zero-order valence-electron chi connectivity index (χ0n) is 10.4. The molecule has 2 heterocycles. The molecule has 0 aromatic carbocycles. The highest BCUT2D eigenvalue weighted by atomic mass is 32.2. The average Bonchev–Trinajstić information content (AvgIpc) is 2.46. The van der Waals surface area contributed by atoms with Gasteiger partial charge in [0.15, 0.2) is 0 Å². The molecule has 2 rings (SSSR count). The fraction of sp³-hybridized carbons (Fsp3) is 0.167. The number of anilines is 1. The zero-order chi connectivity index (χ0) is 13.7. The van der Waals surface area contributed by atoms with Gasteiger partial charge in [-0.1, -0.05) is 6.07 Å². The molecule has 7 heteroatoms. The minimum atomic E-state index is -3.55. The van der Waals surface area contributed by atoms with Gasteiger partial charge >= 0.3 is 0 Å². The Labute approximate surface area is 112 Å². The molecule has 100 valence electrons. The zero-order valence-corrected chi connectivity index (χ0v) is 11.2. The number of nitrogens with zero attached hydrogens (tertiary/aromatic N) is 2. The lowest BCUT2D eigenvalue weighted by molar-refractivity contribution is 0.581. The summed E-state index contributed by atoms with van der Waals surface area (Å²) in [6.07, 6.45) is 4.71. The summed E-state index contributed by atoms with van der Waals surface area (Å²) in [5.41, 5.74) is 0.800. The SMILES string of the molecule is CNc1cc(S(=O)(=O)NCc2cccnc2)ccn1. The lowest BCUT2D eigenvalue weighted by atomic mass is 10.3. The van der Waals surface area contributed by atoms with Crippen LogP contribution in [0.15, 0.2) is 47.8 Å². The van der Waals surface area contributed by atoms with Gasteiger partial charge in [0, 0.05) is 38.2 Å². The van der Waals surface area contributed by atoms with Gasteiger partial charge in [0.1, 0.15) is 5.82 Å². The molecule has 0 unspecified atom stereocenters. The van der Waals surface area contributed by atoms with Gasteiger partial charge in [-0.15, -0.1) is 0 Å². The predicted octanol–water partition coefficient (Wildman–Crippen LogP) is 0.997. The molecule has 0 aliphatic carbocycles. The van der Waals surface area contributed by atoms with Crippen molar-refractivity contribution in [2.24, 2.45) is 0 Å². The van der Waals surface area contributed by atoms with Crippen molar-refractivity contribution in [3.8, 4) is 0 Å². The Bertz CT molecular complexity index is 644. The van der Waals surface area contributed by atoms with Crippen LogP contribution in [-0.4, -0.2) is 25.4 Å². The minimum Gasteiger partial charge on any atom is -0.373 e. The van der Waals surface area contributed by atoms with Crippen molar-refractivity contribution in [2.75, 3.05) is 12.4 Å². The fourth-order valence-corrected chi connectivity index (χ4v) is 2.51. The van der Waals surface area contributed by atoms with E-state index in [0.29, 0.717) is 5.82 Å². The second kappa shape index (κ2) is 5.77. The van der Waals surface area contributed by atoms with E-state index < -0.39 is 10.0 Å². The molecule has 0 fully saturated rings. The van der Waals surface area contributed by atoms with Gasteiger partial charge in [-0.25, -0.2) is 18.1 Å². The maximum absolute atomic E-state index is 12.1. The molecule has 19 heavy (non-hydrogen) atoms. The molecule has 6 nitrogen and oxygen atoms in total. The first-order valence-electron chi connectivity index (χ1n) is 5.64. The minimum absolute atomic E-state index is 0.177. The molecule has 2 aromatic heterocycles. The van der Waals surface area contributed by atoms with Crippen LogP contribution in [-0.2, 0) is 16.6 Å². The van der Waals surface area contributed by atoms with E-state index >= 15 is 0 Å². The number of sulfonamides is 1. The van der Waals surface area contributed by atoms with Crippen LogP contribution in [0.5, 0.6) is 0 Å². The van der Waals surface area contributed by atoms with Crippen molar-refractivity contribution in [3.05, 3.63) is 48.4 Å². The van der Waals surface area contributed by atoms with E-state index in [9.17, 15) is 8.42 Å². The first-order valence-corrected chi connectivity index (χ1v) is 7.12. The Morgan fingerprint density at radius 2 is 2.11 bits per heavy atom. The van der Waals surface area contributed by atoms with Gasteiger partial charge in [0.25, 0.3) is 0 Å². The highest BCUT2D eigenvalue weighted by Gasteiger charge is 2.14. The molecule has 0 saturated heterocycles. The van der Waals surface area contributed by atoms with Crippen LogP contribution < -0.4 is 10.0 Å². The van der Waals surface area contributed by atoms with Crippen molar-refractivity contribution < 1.29 is 8.42 Å². The van der Waals surface area contributed by atoms with Crippen LogP contribution in [0.2, 0.25) is 0 Å². The summed E-state index contributed by atoms with van der Waals surface area (Å²) in [5, 5.41) is 2.80. The van der Waals surface area contributed by atoms with Gasteiger partial charge in [-0.05, 0) is 17.7 Å². The first kappa shape index (κ1) is 13.4. The average molecular weight is 278 g/mol. The normalized spacial score (nSPS) is 11.2. The molecule has 2 N–H and O–H groups in total. The Balaban J connectivity index is 2.14. The van der Waals surface area contributed by atoms with E-state index in [1.807, 2.05) is 0 Å². The van der Waals surface area contributed by atoms with Crippen LogP contribution in [0.25, 0.3) is 0 Å². The summed E-state index contributed by atoms with van der Waals surface area (Å²) in [4.78, 5) is 8.08. The second-order valence-corrected chi connectivity index (χ2v) is 5.58. The Kier molecular flexibility index (Phi) is 4.08. The van der Waals surface area contributed by atoms with Crippen LogP contribution >= 0.6 is 0 Å². The van der Waals surface area contributed by atoms with Gasteiger partial charge in [-0.3, -0.25) is 4.98 Å². The molecule has 0 aliphatic heterocycles. The van der Waals surface area contributed by atoms with Gasteiger partial charge < -0.3 is 5.32 Å². The largest absolute Gasteiger partial charge is 0.373 e. The number of hydrogen-bond acceptors (Lipinski definition) is 5. The third-order valence-corrected chi connectivity index (χ3v) is 3.89. The Morgan fingerprint density at radius 1 is 1.26 bits per heavy atom. The topological polar surface area (TPSA) is 84.0 Å². The molecule has 0 aliphatic rings. The van der Waals surface area contributed by atoms with Crippen LogP contribution in [0.3, 0.4) is 0 Å². The summed E-state index contributed by atoms with van der Waals surface area (Å²) >= 11 is 0. The highest BCUT2D eigenvalue weighted by Crippen LogP contribution is 2.12. The van der Waals surface area contributed by atoms with Crippen molar-refractivity contribution in [2.45, 2.75) is 11.4 Å². The molecule has 0 amide bonds. The summed E-state index contributed by atoms with van der Waals surface area (Å²) < 4.78 is 26.7. The molecular weight excluding hydrogens is 264 g/mol. The van der Waals surface area contributed by atoms with E-state index in [1.165, 1.54) is 18.3 Å². The van der Waals surface area contributed by atoms with Gasteiger partial charge in [-0.2, -0.15) is 0 Å². The summed E-state index contributed by atoms with van der Waals surface area (Å²) in [7, 11) is -1.87. The van der Waals surface area contributed by atoms with E-state index in [2.05, 4.69) is 20.0 Å². The number of pyridine rings is 2. The van der Waals surface area contributed by atoms with Crippen molar-refractivity contribution in [1.29, 1.82) is 0 Å². The fourth-order valence-electron chi connectivity index (χ4n) is 1.48. The van der Waals surface area contributed by atoms with E-state index in [4.69, 9.17) is 0 Å². The maximum Gasteiger partial charge on any atom is 0.241 e. The van der Waals surface area contributed by atoms with Crippen LogP contribution in [0.1, 0.15) is 5.56 Å². The van der Waals surface area contributed by atoms with Gasteiger partial charge in [0.2, 0.25) is 10.0 Å². The highest BCUT2D eigenvalue weighted by molar-refractivity contribution is 7.89. The summed E-state index contributed by atoms with van der Waals surface area (Å²) in [6.45, 7) is 0.202. The number of aromatic nitrogens is 2. The van der Waals surface area contributed by atoms with E-state index in [1.54, 1.807) is 31.6 Å². The molecule has 0 bridgehead atoms. The lowest BCUT2D eigenvalue weighted by Gasteiger charge is -2.07. The van der Waals surface area contributed by atoms with Crippen molar-refractivity contribution in [1.82, 2.24) is 14.7 Å². The molecule has 2 aromatic rings. The quantitative estimate of drug-likeness (QED) is 0.852. The van der Waals surface area contributed by atoms with Gasteiger partial charge in [0.05, 0.1) is 4.90 Å². The Morgan fingerprint density at radius 3 is 2.79 bits per heavy atom. The lowest BCUT2D eigenvalue weighted by Crippen LogP contribution is -2.23. The molecule has 0 saturated carbocycles. The number of nitrogens with one attached hydrogen (secondary N) is 2. The van der Waals surface area contributed by atoms with Crippen molar-refractivity contribution in [3.63, 3.8) is 0 Å². The predicted molar refractivity (Wildman–Crippen MR) is 72.0 cm³/mol. The molecule has 0 atom stereocenters.